The standard InChI is InChI=1S/C20H21BrN2O3/c1-14(24)15-2-4-17(5-3-15)23-8-6-22(7-9-23)12-16-10-19-20(11-18(16)21)26-13-25-19/h2-5,10-11H,6-9,12-13H2,1H3. The fraction of sp³-hybridized carbons (Fsp3) is 0.350. The van der Waals surface area contributed by atoms with Gasteiger partial charge in [0, 0.05) is 48.4 Å². The van der Waals surface area contributed by atoms with Crippen molar-refractivity contribution in [1.29, 1.82) is 0 Å². The molecule has 2 aliphatic rings. The van der Waals surface area contributed by atoms with Gasteiger partial charge in [-0.2, -0.15) is 0 Å². The lowest BCUT2D eigenvalue weighted by atomic mass is 10.1. The van der Waals surface area contributed by atoms with Crippen molar-refractivity contribution in [3.63, 3.8) is 0 Å². The first-order chi connectivity index (χ1) is 12.6. The normalized spacial score (nSPS) is 16.8. The van der Waals surface area contributed by atoms with Crippen molar-refractivity contribution in [2.24, 2.45) is 0 Å². The average Bonchev–Trinajstić information content (AvgIpc) is 3.10. The van der Waals surface area contributed by atoms with E-state index in [9.17, 15) is 4.79 Å². The maximum atomic E-state index is 11.4. The Morgan fingerprint density at radius 1 is 1.04 bits per heavy atom. The van der Waals surface area contributed by atoms with Gasteiger partial charge in [-0.3, -0.25) is 9.69 Å². The Balaban J connectivity index is 1.37. The molecule has 1 fully saturated rings. The summed E-state index contributed by atoms with van der Waals surface area (Å²) < 4.78 is 12.0. The summed E-state index contributed by atoms with van der Waals surface area (Å²) in [4.78, 5) is 16.2. The van der Waals surface area contributed by atoms with Gasteiger partial charge in [0.25, 0.3) is 0 Å². The highest BCUT2D eigenvalue weighted by atomic mass is 79.9. The number of benzene rings is 2. The van der Waals surface area contributed by atoms with Gasteiger partial charge in [0.15, 0.2) is 17.3 Å². The first-order valence-corrected chi connectivity index (χ1v) is 9.56. The molecule has 0 atom stereocenters. The number of ketones is 1. The van der Waals surface area contributed by atoms with E-state index >= 15 is 0 Å². The lowest BCUT2D eigenvalue weighted by Gasteiger charge is -2.36. The molecular weight excluding hydrogens is 396 g/mol. The number of piperazine rings is 1. The molecule has 0 saturated carbocycles. The second-order valence-electron chi connectivity index (χ2n) is 6.66. The van der Waals surface area contributed by atoms with Crippen molar-refractivity contribution >= 4 is 27.4 Å². The van der Waals surface area contributed by atoms with E-state index in [1.54, 1.807) is 6.92 Å². The van der Waals surface area contributed by atoms with E-state index in [-0.39, 0.29) is 5.78 Å². The van der Waals surface area contributed by atoms with Crippen LogP contribution in [-0.4, -0.2) is 43.7 Å². The molecule has 0 aromatic heterocycles. The summed E-state index contributed by atoms with van der Waals surface area (Å²) >= 11 is 3.64. The minimum Gasteiger partial charge on any atom is -0.454 e. The molecule has 1 saturated heterocycles. The molecular formula is C20H21BrN2O3. The maximum Gasteiger partial charge on any atom is 0.231 e. The first-order valence-electron chi connectivity index (χ1n) is 8.76. The Morgan fingerprint density at radius 2 is 1.69 bits per heavy atom. The van der Waals surface area contributed by atoms with E-state index in [2.05, 4.69) is 31.8 Å². The van der Waals surface area contributed by atoms with Gasteiger partial charge in [-0.15, -0.1) is 0 Å². The molecule has 4 rings (SSSR count). The molecule has 6 heteroatoms. The van der Waals surface area contributed by atoms with Crippen LogP contribution in [0, 0.1) is 0 Å². The topological polar surface area (TPSA) is 42.0 Å². The molecule has 0 N–H and O–H groups in total. The fourth-order valence-corrected chi connectivity index (χ4v) is 3.84. The van der Waals surface area contributed by atoms with E-state index in [0.717, 1.165) is 54.3 Å². The quantitative estimate of drug-likeness (QED) is 0.710. The second-order valence-corrected chi connectivity index (χ2v) is 7.52. The summed E-state index contributed by atoms with van der Waals surface area (Å²) in [5.41, 5.74) is 3.16. The van der Waals surface area contributed by atoms with Crippen LogP contribution in [-0.2, 0) is 6.54 Å². The SMILES string of the molecule is CC(=O)c1ccc(N2CCN(Cc3cc4c(cc3Br)OCO4)CC2)cc1. The zero-order chi connectivity index (χ0) is 18.1. The Morgan fingerprint density at radius 3 is 2.35 bits per heavy atom. The van der Waals surface area contributed by atoms with Gasteiger partial charge in [-0.1, -0.05) is 15.9 Å². The summed E-state index contributed by atoms with van der Waals surface area (Å²) in [5, 5.41) is 0. The Labute approximate surface area is 161 Å². The van der Waals surface area contributed by atoms with Gasteiger partial charge in [0.2, 0.25) is 6.79 Å². The van der Waals surface area contributed by atoms with Crippen molar-refractivity contribution in [1.82, 2.24) is 4.90 Å². The van der Waals surface area contributed by atoms with Gasteiger partial charge in [0.05, 0.1) is 0 Å². The molecule has 0 aliphatic carbocycles. The van der Waals surface area contributed by atoms with Crippen molar-refractivity contribution in [3.8, 4) is 11.5 Å². The minimum absolute atomic E-state index is 0.107. The molecule has 5 nitrogen and oxygen atoms in total. The van der Waals surface area contributed by atoms with Crippen LogP contribution in [0.4, 0.5) is 5.69 Å². The number of nitrogens with zero attached hydrogens (tertiary/aromatic N) is 2. The summed E-state index contributed by atoms with van der Waals surface area (Å²) in [6.45, 7) is 6.72. The molecule has 0 spiro atoms. The van der Waals surface area contributed by atoms with Crippen LogP contribution in [0.15, 0.2) is 40.9 Å². The number of hydrogen-bond acceptors (Lipinski definition) is 5. The van der Waals surface area contributed by atoms with Crippen molar-refractivity contribution in [2.45, 2.75) is 13.5 Å². The fourth-order valence-electron chi connectivity index (χ4n) is 3.39. The molecule has 2 aliphatic heterocycles. The van der Waals surface area contributed by atoms with Crippen LogP contribution in [0.5, 0.6) is 11.5 Å². The molecule has 0 amide bonds. The van der Waals surface area contributed by atoms with E-state index in [4.69, 9.17) is 9.47 Å². The molecule has 0 radical (unpaired) electrons. The van der Waals surface area contributed by atoms with Crippen molar-refractivity contribution in [3.05, 3.63) is 52.0 Å². The number of carbonyl (C=O) groups is 1. The number of anilines is 1. The number of Topliss-reactive ketones (excluding diaryl/α,β-unsaturated/α-hetero) is 1. The summed E-state index contributed by atoms with van der Waals surface area (Å²) in [7, 11) is 0. The molecule has 2 aromatic rings. The van der Waals surface area contributed by atoms with Crippen molar-refractivity contribution in [2.75, 3.05) is 37.9 Å². The monoisotopic (exact) mass is 416 g/mol. The zero-order valence-corrected chi connectivity index (χ0v) is 16.3. The molecule has 26 heavy (non-hydrogen) atoms. The van der Waals surface area contributed by atoms with Crippen LogP contribution < -0.4 is 14.4 Å². The highest BCUT2D eigenvalue weighted by molar-refractivity contribution is 9.10. The first kappa shape index (κ1) is 17.4. The zero-order valence-electron chi connectivity index (χ0n) is 14.7. The van der Waals surface area contributed by atoms with E-state index in [0.29, 0.717) is 6.79 Å². The van der Waals surface area contributed by atoms with E-state index in [1.807, 2.05) is 30.3 Å². The minimum atomic E-state index is 0.107. The van der Waals surface area contributed by atoms with Crippen LogP contribution in [0.2, 0.25) is 0 Å². The smallest absolute Gasteiger partial charge is 0.231 e. The summed E-state index contributed by atoms with van der Waals surface area (Å²) in [6, 6.07) is 12.0. The summed E-state index contributed by atoms with van der Waals surface area (Å²) in [5.74, 6) is 1.74. The molecule has 136 valence electrons. The van der Waals surface area contributed by atoms with Gasteiger partial charge in [-0.25, -0.2) is 0 Å². The van der Waals surface area contributed by atoms with Gasteiger partial charge in [-0.05, 0) is 48.9 Å². The third-order valence-corrected chi connectivity index (χ3v) is 5.69. The lowest BCUT2D eigenvalue weighted by molar-refractivity contribution is 0.101. The third kappa shape index (κ3) is 3.57. The lowest BCUT2D eigenvalue weighted by Crippen LogP contribution is -2.46. The molecule has 2 aromatic carbocycles. The van der Waals surface area contributed by atoms with Crippen LogP contribution >= 0.6 is 15.9 Å². The van der Waals surface area contributed by atoms with Crippen molar-refractivity contribution < 1.29 is 14.3 Å². The highest BCUT2D eigenvalue weighted by Crippen LogP contribution is 2.37. The largest absolute Gasteiger partial charge is 0.454 e. The highest BCUT2D eigenvalue weighted by Gasteiger charge is 2.21. The number of carbonyl (C=O) groups excluding carboxylic acids is 1. The molecule has 0 bridgehead atoms. The Hall–Kier alpha value is -2.05. The summed E-state index contributed by atoms with van der Waals surface area (Å²) in [6.07, 6.45) is 0. The number of ether oxygens (including phenoxy) is 2. The Kier molecular flexibility index (Phi) is 4.87. The molecule has 2 heterocycles. The van der Waals surface area contributed by atoms with Gasteiger partial charge >= 0.3 is 0 Å². The second kappa shape index (κ2) is 7.29. The van der Waals surface area contributed by atoms with E-state index < -0.39 is 0 Å². The number of halogens is 1. The average molecular weight is 417 g/mol. The van der Waals surface area contributed by atoms with Crippen LogP contribution in [0.3, 0.4) is 0 Å². The van der Waals surface area contributed by atoms with Crippen LogP contribution in [0.25, 0.3) is 0 Å². The van der Waals surface area contributed by atoms with Gasteiger partial charge in [0.1, 0.15) is 0 Å². The van der Waals surface area contributed by atoms with Crippen LogP contribution in [0.1, 0.15) is 22.8 Å². The molecule has 0 unspecified atom stereocenters. The van der Waals surface area contributed by atoms with Gasteiger partial charge < -0.3 is 14.4 Å². The predicted octanol–water partition coefficient (Wildman–Crippen LogP) is 3.70. The maximum absolute atomic E-state index is 11.4. The predicted molar refractivity (Wildman–Crippen MR) is 104 cm³/mol. The third-order valence-electron chi connectivity index (χ3n) is 4.95. The number of hydrogen-bond donors (Lipinski definition) is 0. The van der Waals surface area contributed by atoms with E-state index in [1.165, 1.54) is 11.3 Å². The number of fused-ring (bicyclic) bond motifs is 1. The number of rotatable bonds is 4. The Bertz CT molecular complexity index is 815.